The Morgan fingerprint density at radius 1 is 1.22 bits per heavy atom. The van der Waals surface area contributed by atoms with Crippen molar-refractivity contribution in [2.24, 2.45) is 7.05 Å². The van der Waals surface area contributed by atoms with E-state index in [9.17, 15) is 13.2 Å². The van der Waals surface area contributed by atoms with Crippen LogP contribution < -0.4 is 5.73 Å². The summed E-state index contributed by atoms with van der Waals surface area (Å²) in [6, 6.07) is 9.03. The predicted molar refractivity (Wildman–Crippen MR) is 63.2 cm³/mol. The van der Waals surface area contributed by atoms with Crippen LogP contribution in [0.2, 0.25) is 0 Å². The molecule has 0 fully saturated rings. The van der Waals surface area contributed by atoms with Gasteiger partial charge in [0.25, 0.3) is 0 Å². The first-order valence-corrected chi connectivity index (χ1v) is 5.84. The van der Waals surface area contributed by atoms with E-state index in [0.717, 1.165) is 21.3 Å². The molecule has 0 atom stereocenters. The summed E-state index contributed by atoms with van der Waals surface area (Å²) in [7, 11) is 1.44. The Bertz CT molecular complexity index is 549. The molecule has 1 heterocycles. The molecule has 2 N–H and O–H groups in total. The van der Waals surface area contributed by atoms with Crippen LogP contribution in [-0.4, -0.2) is 9.78 Å². The van der Waals surface area contributed by atoms with E-state index in [0.29, 0.717) is 0 Å². The first-order valence-electron chi connectivity index (χ1n) is 5.02. The summed E-state index contributed by atoms with van der Waals surface area (Å²) in [5.74, 6) is 0. The minimum atomic E-state index is -4.53. The van der Waals surface area contributed by atoms with E-state index in [4.69, 9.17) is 5.73 Å². The molecule has 96 valence electrons. The predicted octanol–water partition coefficient (Wildman–Crippen LogP) is 3.17. The number of nitrogens with two attached hydrogens (primary N) is 1. The average Bonchev–Trinajstić information content (AvgIpc) is 2.58. The average molecular weight is 273 g/mol. The van der Waals surface area contributed by atoms with E-state index < -0.39 is 11.9 Å². The molecule has 0 amide bonds. The number of aromatic nitrogens is 2. The van der Waals surface area contributed by atoms with Crippen molar-refractivity contribution >= 4 is 17.4 Å². The number of alkyl halides is 3. The molecule has 1 aromatic heterocycles. The van der Waals surface area contributed by atoms with Crippen molar-refractivity contribution in [3.63, 3.8) is 0 Å². The highest BCUT2D eigenvalue weighted by molar-refractivity contribution is 7.99. The van der Waals surface area contributed by atoms with Crippen LogP contribution in [0.1, 0.15) is 5.69 Å². The first kappa shape index (κ1) is 12.8. The molecule has 0 unspecified atom stereocenters. The van der Waals surface area contributed by atoms with E-state index in [1.54, 1.807) is 24.3 Å². The van der Waals surface area contributed by atoms with Crippen LogP contribution in [0.25, 0.3) is 0 Å². The number of nitrogen functional groups attached to an aromatic ring is 1. The van der Waals surface area contributed by atoms with Crippen molar-refractivity contribution in [3.8, 4) is 0 Å². The van der Waals surface area contributed by atoms with Gasteiger partial charge in [0.1, 0.15) is 5.03 Å². The quantitative estimate of drug-likeness (QED) is 0.914. The van der Waals surface area contributed by atoms with Gasteiger partial charge < -0.3 is 5.73 Å². The maximum absolute atomic E-state index is 12.6. The Labute approximate surface area is 106 Å². The van der Waals surface area contributed by atoms with Crippen LogP contribution >= 0.6 is 11.8 Å². The van der Waals surface area contributed by atoms with Crippen molar-refractivity contribution in [1.82, 2.24) is 9.78 Å². The number of hydrogen-bond acceptors (Lipinski definition) is 3. The van der Waals surface area contributed by atoms with Crippen molar-refractivity contribution < 1.29 is 13.2 Å². The summed E-state index contributed by atoms with van der Waals surface area (Å²) < 4.78 is 39.0. The Kier molecular flexibility index (Phi) is 3.25. The fourth-order valence-corrected chi connectivity index (χ4v) is 2.35. The summed E-state index contributed by atoms with van der Waals surface area (Å²) in [4.78, 5) is 0.806. The van der Waals surface area contributed by atoms with Crippen LogP contribution in [0.4, 0.5) is 18.9 Å². The molecule has 3 nitrogen and oxygen atoms in total. The molecule has 7 heteroatoms. The maximum Gasteiger partial charge on any atom is 0.437 e. The molecule has 1 aromatic carbocycles. The Hall–Kier alpha value is -1.63. The SMILES string of the molecule is Cn1nc(C(F)(F)F)c(N)c1Sc1ccccc1. The third kappa shape index (κ3) is 2.45. The molecule has 0 bridgehead atoms. The van der Waals surface area contributed by atoms with Crippen molar-refractivity contribution in [3.05, 3.63) is 36.0 Å². The van der Waals surface area contributed by atoms with Gasteiger partial charge in [0.05, 0.1) is 5.69 Å². The van der Waals surface area contributed by atoms with Gasteiger partial charge in [0.2, 0.25) is 0 Å². The lowest BCUT2D eigenvalue weighted by Crippen LogP contribution is -2.09. The van der Waals surface area contributed by atoms with Crippen LogP contribution in [-0.2, 0) is 13.2 Å². The molecule has 0 saturated carbocycles. The van der Waals surface area contributed by atoms with Crippen LogP contribution in [0, 0.1) is 0 Å². The lowest BCUT2D eigenvalue weighted by molar-refractivity contribution is -0.140. The molecule has 0 aliphatic heterocycles. The largest absolute Gasteiger partial charge is 0.437 e. The third-order valence-corrected chi connectivity index (χ3v) is 3.44. The lowest BCUT2D eigenvalue weighted by atomic mass is 10.4. The standard InChI is InChI=1S/C11H10F3N3S/c1-17-10(18-7-5-3-2-4-6-7)8(15)9(16-17)11(12,13)14/h2-6H,15H2,1H3. The van der Waals surface area contributed by atoms with Gasteiger partial charge in [-0.2, -0.15) is 18.3 Å². The van der Waals surface area contributed by atoms with Crippen LogP contribution in [0.3, 0.4) is 0 Å². The maximum atomic E-state index is 12.6. The number of halogens is 3. The van der Waals surface area contributed by atoms with Gasteiger partial charge in [0.15, 0.2) is 5.69 Å². The number of hydrogen-bond donors (Lipinski definition) is 1. The zero-order valence-electron chi connectivity index (χ0n) is 9.40. The number of benzene rings is 1. The topological polar surface area (TPSA) is 43.8 Å². The minimum absolute atomic E-state index is 0.286. The van der Waals surface area contributed by atoms with E-state index in [2.05, 4.69) is 5.10 Å². The van der Waals surface area contributed by atoms with Gasteiger partial charge in [0, 0.05) is 11.9 Å². The van der Waals surface area contributed by atoms with E-state index in [1.165, 1.54) is 7.05 Å². The first-order chi connectivity index (χ1) is 8.39. The Morgan fingerprint density at radius 3 is 2.33 bits per heavy atom. The Morgan fingerprint density at radius 2 is 1.83 bits per heavy atom. The highest BCUT2D eigenvalue weighted by Crippen LogP contribution is 2.39. The van der Waals surface area contributed by atoms with Crippen molar-refractivity contribution in [1.29, 1.82) is 0 Å². The second-order valence-corrected chi connectivity index (χ2v) is 4.67. The summed E-state index contributed by atoms with van der Waals surface area (Å²) in [5.41, 5.74) is 4.14. The number of rotatable bonds is 2. The zero-order chi connectivity index (χ0) is 13.3. The van der Waals surface area contributed by atoms with Crippen molar-refractivity contribution in [2.75, 3.05) is 5.73 Å². The molecule has 2 aromatic rings. The molecule has 0 aliphatic carbocycles. The van der Waals surface area contributed by atoms with Crippen LogP contribution in [0.5, 0.6) is 0 Å². The van der Waals surface area contributed by atoms with Crippen molar-refractivity contribution in [2.45, 2.75) is 16.1 Å². The fraction of sp³-hybridized carbons (Fsp3) is 0.182. The van der Waals surface area contributed by atoms with E-state index >= 15 is 0 Å². The monoisotopic (exact) mass is 273 g/mol. The van der Waals surface area contributed by atoms with Gasteiger partial charge in [-0.15, -0.1) is 0 Å². The Balaban J connectivity index is 2.38. The number of nitrogens with zero attached hydrogens (tertiary/aromatic N) is 2. The summed E-state index contributed by atoms with van der Waals surface area (Å²) in [6.45, 7) is 0. The summed E-state index contributed by atoms with van der Waals surface area (Å²) in [5, 5.41) is 3.71. The highest BCUT2D eigenvalue weighted by atomic mass is 32.2. The molecule has 0 radical (unpaired) electrons. The normalized spacial score (nSPS) is 11.8. The number of aryl methyl sites for hydroxylation is 1. The molecule has 18 heavy (non-hydrogen) atoms. The molecule has 0 spiro atoms. The molecular formula is C11H10F3N3S. The molecule has 0 aliphatic rings. The molecule has 0 saturated heterocycles. The summed E-state index contributed by atoms with van der Waals surface area (Å²) in [6.07, 6.45) is -4.53. The zero-order valence-corrected chi connectivity index (χ0v) is 10.2. The van der Waals surface area contributed by atoms with Gasteiger partial charge in [-0.3, -0.25) is 4.68 Å². The second-order valence-electron chi connectivity index (χ2n) is 3.60. The van der Waals surface area contributed by atoms with Gasteiger partial charge in [-0.1, -0.05) is 30.0 Å². The number of anilines is 1. The van der Waals surface area contributed by atoms with E-state index in [1.807, 2.05) is 6.07 Å². The fourth-order valence-electron chi connectivity index (χ4n) is 1.46. The van der Waals surface area contributed by atoms with Gasteiger partial charge in [-0.05, 0) is 12.1 Å². The summed E-state index contributed by atoms with van der Waals surface area (Å²) >= 11 is 1.15. The highest BCUT2D eigenvalue weighted by Gasteiger charge is 2.38. The molecule has 2 rings (SSSR count). The van der Waals surface area contributed by atoms with Crippen LogP contribution in [0.15, 0.2) is 40.3 Å². The minimum Gasteiger partial charge on any atom is -0.395 e. The molecular weight excluding hydrogens is 263 g/mol. The van der Waals surface area contributed by atoms with Gasteiger partial charge >= 0.3 is 6.18 Å². The third-order valence-electron chi connectivity index (χ3n) is 2.26. The van der Waals surface area contributed by atoms with E-state index in [-0.39, 0.29) is 10.7 Å². The smallest absolute Gasteiger partial charge is 0.395 e. The second kappa shape index (κ2) is 4.56. The lowest BCUT2D eigenvalue weighted by Gasteiger charge is -2.04. The van der Waals surface area contributed by atoms with Gasteiger partial charge in [-0.25, -0.2) is 0 Å².